The predicted octanol–water partition coefficient (Wildman–Crippen LogP) is 1.89. The van der Waals surface area contributed by atoms with Crippen molar-refractivity contribution in [3.63, 3.8) is 0 Å². The van der Waals surface area contributed by atoms with Crippen LogP contribution in [0, 0.1) is 0 Å². The summed E-state index contributed by atoms with van der Waals surface area (Å²) in [6, 6.07) is 0.190. The number of hydrazine groups is 1. The number of carbonyl (C=O) groups is 1. The van der Waals surface area contributed by atoms with E-state index in [1.165, 1.54) is 57.7 Å². The number of nitrogens with zero attached hydrogens (tertiary/aromatic N) is 2. The van der Waals surface area contributed by atoms with Gasteiger partial charge in [0.25, 0.3) is 5.91 Å². The maximum absolute atomic E-state index is 11.9. The molecule has 3 N–H and O–H groups in total. The number of ether oxygens (including phenoxy) is 2. The quantitative estimate of drug-likeness (QED) is 0.281. The number of nitrogens with one attached hydrogen (secondary N) is 3. The first kappa shape index (κ1) is 20.6. The molecule has 0 saturated heterocycles. The fourth-order valence-corrected chi connectivity index (χ4v) is 2.73. The highest BCUT2D eigenvalue weighted by Crippen LogP contribution is 2.19. The van der Waals surface area contributed by atoms with E-state index in [-0.39, 0.29) is 11.9 Å². The van der Waals surface area contributed by atoms with Crippen LogP contribution in [0.3, 0.4) is 0 Å². The van der Waals surface area contributed by atoms with Gasteiger partial charge in [-0.05, 0) is 50.4 Å². The second-order valence-electron chi connectivity index (χ2n) is 5.88. The van der Waals surface area contributed by atoms with Crippen molar-refractivity contribution in [2.75, 3.05) is 20.8 Å². The molecule has 0 fully saturated rings. The number of allylic oxidation sites excluding steroid dienone is 1. The standard InChI is InChI=1S/C18H25N5O3S/c1-25-16-14(12-20-17(21-16)26-2)8-9-15(24)22-23-18(27)19-11-10-13-6-4-3-5-7-13/h6,8-9,12H,3-5,7,10-11H2,1-2H3,(H,22,24)(H2,19,23,27). The lowest BCUT2D eigenvalue weighted by Crippen LogP contribution is -2.46. The van der Waals surface area contributed by atoms with Crippen molar-refractivity contribution in [3.05, 3.63) is 29.5 Å². The van der Waals surface area contributed by atoms with Crippen LogP contribution in [0.25, 0.3) is 6.08 Å². The van der Waals surface area contributed by atoms with Crippen molar-refractivity contribution in [1.82, 2.24) is 26.1 Å². The molecule has 0 unspecified atom stereocenters. The molecule has 8 nitrogen and oxygen atoms in total. The summed E-state index contributed by atoms with van der Waals surface area (Å²) in [7, 11) is 2.95. The molecule has 0 spiro atoms. The molecule has 27 heavy (non-hydrogen) atoms. The van der Waals surface area contributed by atoms with Gasteiger partial charge in [-0.1, -0.05) is 11.6 Å². The van der Waals surface area contributed by atoms with Crippen molar-refractivity contribution in [2.24, 2.45) is 0 Å². The van der Waals surface area contributed by atoms with E-state index < -0.39 is 0 Å². The van der Waals surface area contributed by atoms with E-state index >= 15 is 0 Å². The van der Waals surface area contributed by atoms with Gasteiger partial charge in [0.05, 0.1) is 19.8 Å². The molecular weight excluding hydrogens is 366 g/mol. The van der Waals surface area contributed by atoms with E-state index in [0.29, 0.717) is 16.6 Å². The van der Waals surface area contributed by atoms with Gasteiger partial charge in [0.15, 0.2) is 5.11 Å². The molecule has 0 aliphatic heterocycles. The number of hydrogen-bond donors (Lipinski definition) is 3. The van der Waals surface area contributed by atoms with Gasteiger partial charge < -0.3 is 14.8 Å². The largest absolute Gasteiger partial charge is 0.480 e. The number of thiocarbonyl (C=S) groups is 1. The van der Waals surface area contributed by atoms with Crippen LogP contribution < -0.4 is 25.6 Å². The minimum absolute atomic E-state index is 0.190. The van der Waals surface area contributed by atoms with Crippen molar-refractivity contribution in [3.8, 4) is 11.9 Å². The molecule has 146 valence electrons. The van der Waals surface area contributed by atoms with Crippen molar-refractivity contribution in [1.29, 1.82) is 0 Å². The molecule has 2 rings (SSSR count). The molecule has 1 aromatic rings. The van der Waals surface area contributed by atoms with Crippen LogP contribution in [0.4, 0.5) is 0 Å². The van der Waals surface area contributed by atoms with Crippen LogP contribution in [0.5, 0.6) is 11.9 Å². The first-order chi connectivity index (χ1) is 13.1. The summed E-state index contributed by atoms with van der Waals surface area (Å²) in [6.07, 6.45) is 12.5. The van der Waals surface area contributed by atoms with Gasteiger partial charge in [0.2, 0.25) is 5.88 Å². The molecule has 9 heteroatoms. The Kier molecular flexibility index (Phi) is 8.50. The molecule has 1 aromatic heterocycles. The van der Waals surface area contributed by atoms with Gasteiger partial charge >= 0.3 is 6.01 Å². The third kappa shape index (κ3) is 7.22. The predicted molar refractivity (Wildman–Crippen MR) is 107 cm³/mol. The Bertz CT molecular complexity index is 721. The lowest BCUT2D eigenvalue weighted by Gasteiger charge is -2.14. The molecule has 0 aromatic carbocycles. The summed E-state index contributed by atoms with van der Waals surface area (Å²) < 4.78 is 10.1. The molecule has 0 radical (unpaired) electrons. The van der Waals surface area contributed by atoms with Gasteiger partial charge in [0.1, 0.15) is 0 Å². The minimum atomic E-state index is -0.369. The van der Waals surface area contributed by atoms with Gasteiger partial charge in [-0.25, -0.2) is 4.98 Å². The molecule has 1 heterocycles. The van der Waals surface area contributed by atoms with Crippen molar-refractivity contribution in [2.45, 2.75) is 32.1 Å². The van der Waals surface area contributed by atoms with Crippen LogP contribution in [0.2, 0.25) is 0 Å². The summed E-state index contributed by atoms with van der Waals surface area (Å²) >= 11 is 5.15. The SMILES string of the molecule is COc1ncc(C=CC(=O)NNC(=S)NCCC2=CCCCC2)c(OC)n1. The molecular formula is C18H25N5O3S. The fourth-order valence-electron chi connectivity index (χ4n) is 2.57. The zero-order valence-corrected chi connectivity index (χ0v) is 16.4. The normalized spacial score (nSPS) is 13.6. The first-order valence-corrected chi connectivity index (χ1v) is 9.18. The Morgan fingerprint density at radius 1 is 1.30 bits per heavy atom. The average molecular weight is 391 g/mol. The maximum Gasteiger partial charge on any atom is 0.319 e. The number of hydrogen-bond acceptors (Lipinski definition) is 6. The molecule has 1 amide bonds. The Balaban J connectivity index is 1.72. The molecule has 1 aliphatic carbocycles. The fraction of sp³-hybridized carbons (Fsp3) is 0.444. The third-order valence-corrected chi connectivity index (χ3v) is 4.21. The first-order valence-electron chi connectivity index (χ1n) is 8.77. The summed E-state index contributed by atoms with van der Waals surface area (Å²) in [5, 5.41) is 3.45. The minimum Gasteiger partial charge on any atom is -0.480 e. The zero-order chi connectivity index (χ0) is 19.5. The van der Waals surface area contributed by atoms with E-state index in [2.05, 4.69) is 32.2 Å². The smallest absolute Gasteiger partial charge is 0.319 e. The number of amides is 1. The Hall–Kier alpha value is -2.68. The van der Waals surface area contributed by atoms with Crippen LogP contribution >= 0.6 is 12.2 Å². The van der Waals surface area contributed by atoms with Crippen LogP contribution in [-0.2, 0) is 4.79 Å². The number of rotatable bonds is 7. The highest BCUT2D eigenvalue weighted by Gasteiger charge is 2.06. The second kappa shape index (κ2) is 11.1. The number of methoxy groups -OCH3 is 2. The Morgan fingerprint density at radius 2 is 2.15 bits per heavy atom. The van der Waals surface area contributed by atoms with Crippen LogP contribution in [0.1, 0.15) is 37.7 Å². The van der Waals surface area contributed by atoms with Gasteiger partial charge in [-0.3, -0.25) is 15.6 Å². The molecule has 0 atom stereocenters. The number of carbonyl (C=O) groups excluding carboxylic acids is 1. The molecule has 1 aliphatic rings. The Morgan fingerprint density at radius 3 is 2.85 bits per heavy atom. The highest BCUT2D eigenvalue weighted by atomic mass is 32.1. The monoisotopic (exact) mass is 391 g/mol. The lowest BCUT2D eigenvalue weighted by atomic mass is 9.97. The van der Waals surface area contributed by atoms with E-state index in [4.69, 9.17) is 21.7 Å². The summed E-state index contributed by atoms with van der Waals surface area (Å²) in [4.78, 5) is 19.9. The van der Waals surface area contributed by atoms with E-state index in [1.54, 1.807) is 6.08 Å². The summed E-state index contributed by atoms with van der Waals surface area (Å²) in [5.41, 5.74) is 7.19. The van der Waals surface area contributed by atoms with Crippen LogP contribution in [0.15, 0.2) is 23.9 Å². The van der Waals surface area contributed by atoms with E-state index in [0.717, 1.165) is 13.0 Å². The van der Waals surface area contributed by atoms with Crippen molar-refractivity contribution < 1.29 is 14.3 Å². The maximum atomic E-state index is 11.9. The second-order valence-corrected chi connectivity index (χ2v) is 6.29. The lowest BCUT2D eigenvalue weighted by molar-refractivity contribution is -0.116. The average Bonchev–Trinajstić information content (AvgIpc) is 2.71. The van der Waals surface area contributed by atoms with E-state index in [9.17, 15) is 4.79 Å². The van der Waals surface area contributed by atoms with Gasteiger partial charge in [0, 0.05) is 18.8 Å². The Labute approximate surface area is 164 Å². The van der Waals surface area contributed by atoms with Gasteiger partial charge in [-0.2, -0.15) is 4.98 Å². The van der Waals surface area contributed by atoms with Crippen molar-refractivity contribution >= 4 is 29.3 Å². The molecule has 0 bridgehead atoms. The highest BCUT2D eigenvalue weighted by molar-refractivity contribution is 7.80. The number of aromatic nitrogens is 2. The van der Waals surface area contributed by atoms with E-state index in [1.807, 2.05) is 0 Å². The zero-order valence-electron chi connectivity index (χ0n) is 15.6. The molecule has 0 saturated carbocycles. The van der Waals surface area contributed by atoms with Crippen LogP contribution in [-0.4, -0.2) is 41.8 Å². The van der Waals surface area contributed by atoms with Gasteiger partial charge in [-0.15, -0.1) is 0 Å². The topological polar surface area (TPSA) is 97.4 Å². The summed E-state index contributed by atoms with van der Waals surface area (Å²) in [5.74, 6) is -0.0555. The third-order valence-electron chi connectivity index (χ3n) is 3.96. The summed E-state index contributed by atoms with van der Waals surface area (Å²) in [6.45, 7) is 0.740.